The van der Waals surface area contributed by atoms with E-state index in [9.17, 15) is 27.6 Å². The molecule has 3 rings (SSSR count). The Labute approximate surface area is 137 Å². The average Bonchev–Trinajstić information content (AvgIpc) is 2.86. The van der Waals surface area contributed by atoms with Crippen molar-refractivity contribution in [1.29, 1.82) is 0 Å². The van der Waals surface area contributed by atoms with Crippen molar-refractivity contribution in [2.24, 2.45) is 14.1 Å². The van der Waals surface area contributed by atoms with Crippen LogP contribution in [0.1, 0.15) is 5.56 Å². The summed E-state index contributed by atoms with van der Waals surface area (Å²) < 4.78 is 43.1. The summed E-state index contributed by atoms with van der Waals surface area (Å²) in [5.41, 5.74) is -6.50. The zero-order valence-electron chi connectivity index (χ0n) is 12.9. The summed E-state index contributed by atoms with van der Waals surface area (Å²) in [4.78, 5) is 43.9. The monoisotopic (exact) mass is 356 g/mol. The first kappa shape index (κ1) is 16.7. The van der Waals surface area contributed by atoms with Crippen LogP contribution in [0, 0.1) is 0 Å². The molecule has 9 nitrogen and oxygen atoms in total. The van der Waals surface area contributed by atoms with Gasteiger partial charge < -0.3 is 10.6 Å². The van der Waals surface area contributed by atoms with Crippen LogP contribution in [0.4, 0.5) is 24.9 Å². The van der Waals surface area contributed by atoms with Gasteiger partial charge in [0, 0.05) is 26.5 Å². The topological polar surface area (TPSA) is 111 Å². The lowest BCUT2D eigenvalue weighted by Crippen LogP contribution is -2.57. The van der Waals surface area contributed by atoms with Crippen molar-refractivity contribution < 1.29 is 18.0 Å². The molecule has 3 heterocycles. The molecule has 0 spiro atoms. The van der Waals surface area contributed by atoms with Crippen LogP contribution in [0.3, 0.4) is 0 Å². The highest BCUT2D eigenvalue weighted by Crippen LogP contribution is 2.46. The summed E-state index contributed by atoms with van der Waals surface area (Å²) in [6.45, 7) is 0. The number of hydrogen-bond donors (Lipinski definition) is 2. The number of anilines is 2. The molecule has 25 heavy (non-hydrogen) atoms. The first-order chi connectivity index (χ1) is 11.6. The van der Waals surface area contributed by atoms with Crippen molar-refractivity contribution in [2.75, 3.05) is 10.6 Å². The number of hydrogen-bond acceptors (Lipinski definition) is 6. The summed E-state index contributed by atoms with van der Waals surface area (Å²) in [6, 6.07) is 1.37. The van der Waals surface area contributed by atoms with Gasteiger partial charge >= 0.3 is 11.9 Å². The SMILES string of the molecule is Cn1c2c(c(=O)n(C)c1=O)C(Nc1ncccn1)(C(F)(F)F)C(=O)N2. The maximum absolute atomic E-state index is 14.0. The summed E-state index contributed by atoms with van der Waals surface area (Å²) in [6.07, 6.45) is -2.87. The molecule has 1 amide bonds. The van der Waals surface area contributed by atoms with Crippen LogP contribution < -0.4 is 21.9 Å². The molecule has 2 N–H and O–H groups in total. The highest BCUT2D eigenvalue weighted by molar-refractivity contribution is 6.07. The predicted octanol–water partition coefficient (Wildman–Crippen LogP) is -0.304. The highest BCUT2D eigenvalue weighted by atomic mass is 19.4. The Balaban J connectivity index is 2.39. The fourth-order valence-electron chi connectivity index (χ4n) is 2.64. The third-order valence-corrected chi connectivity index (χ3v) is 3.90. The smallest absolute Gasteiger partial charge is 0.328 e. The van der Waals surface area contributed by atoms with Crippen LogP contribution in [0.2, 0.25) is 0 Å². The van der Waals surface area contributed by atoms with E-state index in [1.807, 2.05) is 10.6 Å². The highest BCUT2D eigenvalue weighted by Gasteiger charge is 2.68. The summed E-state index contributed by atoms with van der Waals surface area (Å²) >= 11 is 0. The lowest BCUT2D eigenvalue weighted by Gasteiger charge is -2.30. The molecule has 0 fully saturated rings. The van der Waals surface area contributed by atoms with Crippen molar-refractivity contribution >= 4 is 17.7 Å². The van der Waals surface area contributed by atoms with Crippen molar-refractivity contribution in [1.82, 2.24) is 19.1 Å². The molecule has 0 aliphatic carbocycles. The third kappa shape index (κ3) is 2.13. The van der Waals surface area contributed by atoms with Crippen molar-refractivity contribution in [3.05, 3.63) is 44.9 Å². The zero-order chi connectivity index (χ0) is 18.6. The number of fused-ring (bicyclic) bond motifs is 1. The zero-order valence-corrected chi connectivity index (χ0v) is 12.9. The summed E-state index contributed by atoms with van der Waals surface area (Å²) in [5, 5.41) is 3.89. The molecule has 1 atom stereocenters. The molecule has 132 valence electrons. The van der Waals surface area contributed by atoms with Gasteiger partial charge in [0.1, 0.15) is 11.4 Å². The number of alkyl halides is 3. The number of carbonyl (C=O) groups is 1. The number of carbonyl (C=O) groups excluding carboxylic acids is 1. The maximum atomic E-state index is 14.0. The standard InChI is InChI=1S/C13H11F3N6O3/c1-21-7-6(8(23)22(2)11(21)25)12(9(24)19-7,13(14,15)16)20-10-17-4-3-5-18-10/h3-5H,1-2H3,(H,19,24)(H,17,18,20). The van der Waals surface area contributed by atoms with Crippen LogP contribution in [-0.4, -0.2) is 31.2 Å². The normalized spacial score (nSPS) is 19.5. The van der Waals surface area contributed by atoms with E-state index in [1.165, 1.54) is 18.5 Å². The van der Waals surface area contributed by atoms with Crippen LogP contribution in [0.5, 0.6) is 0 Å². The fourth-order valence-corrected chi connectivity index (χ4v) is 2.64. The molecule has 1 aliphatic rings. The minimum absolute atomic E-state index is 0.493. The van der Waals surface area contributed by atoms with Crippen LogP contribution in [0.15, 0.2) is 28.0 Å². The molecule has 2 aromatic heterocycles. The molecular formula is C13H11F3N6O3. The van der Waals surface area contributed by atoms with Gasteiger partial charge in [-0.1, -0.05) is 0 Å². The summed E-state index contributed by atoms with van der Waals surface area (Å²) in [7, 11) is 2.17. The van der Waals surface area contributed by atoms with Crippen LogP contribution in [0.25, 0.3) is 0 Å². The van der Waals surface area contributed by atoms with Gasteiger partial charge in [0.2, 0.25) is 5.95 Å². The Morgan fingerprint density at radius 2 is 1.72 bits per heavy atom. The molecule has 0 bridgehead atoms. The molecular weight excluding hydrogens is 345 g/mol. The van der Waals surface area contributed by atoms with E-state index in [4.69, 9.17) is 0 Å². The quantitative estimate of drug-likeness (QED) is 0.764. The molecule has 0 aromatic carbocycles. The molecule has 1 unspecified atom stereocenters. The fraction of sp³-hybridized carbons (Fsp3) is 0.308. The van der Waals surface area contributed by atoms with E-state index < -0.39 is 46.2 Å². The second-order valence-corrected chi connectivity index (χ2v) is 5.33. The molecule has 2 aromatic rings. The Bertz CT molecular complexity index is 981. The van der Waals surface area contributed by atoms with Gasteiger partial charge in [0.15, 0.2) is 0 Å². The van der Waals surface area contributed by atoms with Gasteiger partial charge in [-0.3, -0.25) is 18.7 Å². The van der Waals surface area contributed by atoms with E-state index >= 15 is 0 Å². The van der Waals surface area contributed by atoms with Crippen LogP contribution in [-0.2, 0) is 24.4 Å². The minimum atomic E-state index is -5.22. The van der Waals surface area contributed by atoms with E-state index in [2.05, 4.69) is 9.97 Å². The lowest BCUT2D eigenvalue weighted by atomic mass is 9.92. The van der Waals surface area contributed by atoms with Gasteiger partial charge in [0.05, 0.1) is 0 Å². The van der Waals surface area contributed by atoms with E-state index in [0.717, 1.165) is 18.7 Å². The van der Waals surface area contributed by atoms with Gasteiger partial charge in [-0.25, -0.2) is 14.8 Å². The second-order valence-electron chi connectivity index (χ2n) is 5.33. The van der Waals surface area contributed by atoms with Gasteiger partial charge in [-0.15, -0.1) is 0 Å². The van der Waals surface area contributed by atoms with Crippen molar-refractivity contribution in [2.45, 2.75) is 11.7 Å². The molecule has 1 aliphatic heterocycles. The van der Waals surface area contributed by atoms with E-state index in [-0.39, 0.29) is 0 Å². The Morgan fingerprint density at radius 1 is 1.12 bits per heavy atom. The predicted molar refractivity (Wildman–Crippen MR) is 78.9 cm³/mol. The number of nitrogens with zero attached hydrogens (tertiary/aromatic N) is 4. The molecule has 0 saturated carbocycles. The van der Waals surface area contributed by atoms with Gasteiger partial charge in [-0.2, -0.15) is 13.2 Å². The molecule has 0 saturated heterocycles. The third-order valence-electron chi connectivity index (χ3n) is 3.90. The van der Waals surface area contributed by atoms with Gasteiger partial charge in [0.25, 0.3) is 17.0 Å². The number of aromatic nitrogens is 4. The van der Waals surface area contributed by atoms with Crippen molar-refractivity contribution in [3.8, 4) is 0 Å². The Kier molecular flexibility index (Phi) is 3.44. The number of halogens is 3. The molecule has 0 radical (unpaired) electrons. The lowest BCUT2D eigenvalue weighted by molar-refractivity contribution is -0.184. The average molecular weight is 356 g/mol. The van der Waals surface area contributed by atoms with E-state index in [1.54, 1.807) is 0 Å². The van der Waals surface area contributed by atoms with Crippen LogP contribution >= 0.6 is 0 Å². The number of amides is 1. The minimum Gasteiger partial charge on any atom is -0.328 e. The first-order valence-corrected chi connectivity index (χ1v) is 6.85. The largest absolute Gasteiger partial charge is 0.425 e. The van der Waals surface area contributed by atoms with Crippen molar-refractivity contribution in [3.63, 3.8) is 0 Å². The summed E-state index contributed by atoms with van der Waals surface area (Å²) in [5.74, 6) is -2.58. The molecule has 12 heteroatoms. The second kappa shape index (κ2) is 5.16. The Hall–Kier alpha value is -3.18. The Morgan fingerprint density at radius 3 is 2.28 bits per heavy atom. The maximum Gasteiger partial charge on any atom is 0.425 e. The number of nitrogens with one attached hydrogen (secondary N) is 2. The first-order valence-electron chi connectivity index (χ1n) is 6.85. The number of rotatable bonds is 2. The van der Waals surface area contributed by atoms with Gasteiger partial charge in [-0.05, 0) is 6.07 Å². The van der Waals surface area contributed by atoms with E-state index in [0.29, 0.717) is 4.57 Å².